The molecular formula is C17H18N4O2S. The van der Waals surface area contributed by atoms with Crippen LogP contribution in [0.2, 0.25) is 0 Å². The topological polar surface area (TPSA) is 69.0 Å². The van der Waals surface area contributed by atoms with Gasteiger partial charge in [-0.3, -0.25) is 8.78 Å². The molecule has 0 saturated heterocycles. The highest BCUT2D eigenvalue weighted by Gasteiger charge is 2.17. The SMILES string of the molecule is CNc1ccccc1CS(=O)c1nccn1-c1ncccc1OC. The summed E-state index contributed by atoms with van der Waals surface area (Å²) in [5.74, 6) is 1.54. The number of aromatic nitrogens is 3. The first-order valence-electron chi connectivity index (χ1n) is 7.41. The number of nitrogens with zero attached hydrogens (tertiary/aromatic N) is 3. The number of imidazole rings is 1. The van der Waals surface area contributed by atoms with Crippen molar-refractivity contribution in [1.29, 1.82) is 0 Å². The molecule has 0 bridgehead atoms. The molecule has 1 N–H and O–H groups in total. The maximum absolute atomic E-state index is 12.9. The Labute approximate surface area is 143 Å². The predicted octanol–water partition coefficient (Wildman–Crippen LogP) is 2.63. The second kappa shape index (κ2) is 7.27. The van der Waals surface area contributed by atoms with Gasteiger partial charge in [0.1, 0.15) is 0 Å². The highest BCUT2D eigenvalue weighted by Crippen LogP contribution is 2.24. The number of pyridine rings is 1. The molecule has 7 heteroatoms. The van der Waals surface area contributed by atoms with E-state index in [1.807, 2.05) is 37.4 Å². The number of ether oxygens (including phenoxy) is 1. The van der Waals surface area contributed by atoms with Crippen molar-refractivity contribution < 1.29 is 8.95 Å². The lowest BCUT2D eigenvalue weighted by Crippen LogP contribution is -2.09. The van der Waals surface area contributed by atoms with Crippen molar-refractivity contribution in [2.75, 3.05) is 19.5 Å². The van der Waals surface area contributed by atoms with Crippen molar-refractivity contribution in [3.05, 3.63) is 60.6 Å². The first-order valence-corrected chi connectivity index (χ1v) is 8.73. The van der Waals surface area contributed by atoms with Crippen LogP contribution in [0, 0.1) is 0 Å². The number of methoxy groups -OCH3 is 1. The number of rotatable bonds is 6. The van der Waals surface area contributed by atoms with Gasteiger partial charge in [-0.05, 0) is 23.8 Å². The largest absolute Gasteiger partial charge is 0.493 e. The fourth-order valence-electron chi connectivity index (χ4n) is 2.44. The van der Waals surface area contributed by atoms with Crippen molar-refractivity contribution in [1.82, 2.24) is 14.5 Å². The van der Waals surface area contributed by atoms with Gasteiger partial charge in [0.25, 0.3) is 0 Å². The second-order valence-corrected chi connectivity index (χ2v) is 6.35. The molecule has 1 unspecified atom stereocenters. The highest BCUT2D eigenvalue weighted by atomic mass is 32.2. The van der Waals surface area contributed by atoms with E-state index in [2.05, 4.69) is 15.3 Å². The van der Waals surface area contributed by atoms with Crippen LogP contribution in [0.4, 0.5) is 5.69 Å². The molecule has 0 spiro atoms. The molecule has 0 saturated carbocycles. The van der Waals surface area contributed by atoms with E-state index in [9.17, 15) is 4.21 Å². The van der Waals surface area contributed by atoms with Crippen molar-refractivity contribution >= 4 is 16.5 Å². The van der Waals surface area contributed by atoms with E-state index in [1.54, 1.807) is 36.3 Å². The maximum Gasteiger partial charge on any atom is 0.205 e. The Morgan fingerprint density at radius 3 is 2.79 bits per heavy atom. The van der Waals surface area contributed by atoms with Crippen molar-refractivity contribution in [2.45, 2.75) is 10.9 Å². The van der Waals surface area contributed by atoms with E-state index in [-0.39, 0.29) is 0 Å². The zero-order valence-corrected chi connectivity index (χ0v) is 14.3. The summed E-state index contributed by atoms with van der Waals surface area (Å²) >= 11 is 0. The quantitative estimate of drug-likeness (QED) is 0.746. The molecule has 3 rings (SSSR count). The summed E-state index contributed by atoms with van der Waals surface area (Å²) in [7, 11) is 2.11. The zero-order valence-electron chi connectivity index (χ0n) is 13.5. The van der Waals surface area contributed by atoms with Gasteiger partial charge in [-0.1, -0.05) is 18.2 Å². The van der Waals surface area contributed by atoms with E-state index in [1.165, 1.54) is 0 Å². The standard InChI is InChI=1S/C17H18N4O2S/c1-18-14-7-4-3-6-13(14)12-24(22)17-20-10-11-21(17)16-15(23-2)8-5-9-19-16/h3-11,18H,12H2,1-2H3. The van der Waals surface area contributed by atoms with Gasteiger partial charge in [-0.15, -0.1) is 0 Å². The molecule has 0 aliphatic rings. The number of hydrogen-bond acceptors (Lipinski definition) is 5. The summed E-state index contributed by atoms with van der Waals surface area (Å²) in [6, 6.07) is 11.4. The molecular weight excluding hydrogens is 324 g/mol. The minimum atomic E-state index is -1.32. The van der Waals surface area contributed by atoms with Gasteiger partial charge in [0.2, 0.25) is 5.16 Å². The van der Waals surface area contributed by atoms with Crippen LogP contribution in [0.1, 0.15) is 5.56 Å². The third-order valence-electron chi connectivity index (χ3n) is 3.58. The van der Waals surface area contributed by atoms with Gasteiger partial charge in [-0.2, -0.15) is 0 Å². The summed E-state index contributed by atoms with van der Waals surface area (Å²) in [6.45, 7) is 0. The Morgan fingerprint density at radius 1 is 1.17 bits per heavy atom. The molecule has 0 amide bonds. The van der Waals surface area contributed by atoms with Crippen molar-refractivity contribution in [2.24, 2.45) is 0 Å². The first-order chi connectivity index (χ1) is 11.7. The molecule has 0 radical (unpaired) electrons. The summed E-state index contributed by atoms with van der Waals surface area (Å²) in [4.78, 5) is 8.59. The van der Waals surface area contributed by atoms with E-state index >= 15 is 0 Å². The van der Waals surface area contributed by atoms with Crippen LogP contribution < -0.4 is 10.1 Å². The van der Waals surface area contributed by atoms with E-state index < -0.39 is 10.8 Å². The summed E-state index contributed by atoms with van der Waals surface area (Å²) in [5, 5.41) is 3.56. The molecule has 2 aromatic heterocycles. The Balaban J connectivity index is 1.94. The van der Waals surface area contributed by atoms with Crippen LogP contribution in [0.25, 0.3) is 5.82 Å². The summed E-state index contributed by atoms with van der Waals surface area (Å²) in [6.07, 6.45) is 5.02. The molecule has 3 aromatic rings. The van der Waals surface area contributed by atoms with Crippen LogP contribution in [0.5, 0.6) is 5.75 Å². The van der Waals surface area contributed by atoms with Crippen LogP contribution in [0.15, 0.2) is 60.1 Å². The molecule has 1 atom stereocenters. The average molecular weight is 342 g/mol. The average Bonchev–Trinajstić information content (AvgIpc) is 3.11. The Kier molecular flexibility index (Phi) is 4.90. The van der Waals surface area contributed by atoms with Gasteiger partial charge < -0.3 is 10.1 Å². The molecule has 1 aromatic carbocycles. The monoisotopic (exact) mass is 342 g/mol. The summed E-state index contributed by atoms with van der Waals surface area (Å²) < 4.78 is 19.9. The predicted molar refractivity (Wildman–Crippen MR) is 94.0 cm³/mol. The van der Waals surface area contributed by atoms with Crippen molar-refractivity contribution in [3.8, 4) is 11.6 Å². The van der Waals surface area contributed by atoms with Gasteiger partial charge in [0.05, 0.1) is 23.7 Å². The lowest BCUT2D eigenvalue weighted by Gasteiger charge is -2.11. The minimum Gasteiger partial charge on any atom is -0.493 e. The fraction of sp³-hybridized carbons (Fsp3) is 0.176. The maximum atomic E-state index is 12.9. The van der Waals surface area contributed by atoms with Crippen LogP contribution in [0.3, 0.4) is 0 Å². The number of hydrogen-bond donors (Lipinski definition) is 1. The molecule has 0 aliphatic heterocycles. The third-order valence-corrected chi connectivity index (χ3v) is 4.87. The van der Waals surface area contributed by atoms with Crippen LogP contribution in [-0.4, -0.2) is 32.9 Å². The second-order valence-electron chi connectivity index (χ2n) is 5.01. The molecule has 0 aliphatic carbocycles. The first kappa shape index (κ1) is 16.2. The fourth-order valence-corrected chi connectivity index (χ4v) is 3.65. The number of para-hydroxylation sites is 1. The number of anilines is 1. The van der Waals surface area contributed by atoms with Gasteiger partial charge in [0.15, 0.2) is 11.6 Å². The summed E-state index contributed by atoms with van der Waals surface area (Å²) in [5.41, 5.74) is 1.93. The lowest BCUT2D eigenvalue weighted by atomic mass is 10.2. The third kappa shape index (κ3) is 3.16. The molecule has 0 fully saturated rings. The van der Waals surface area contributed by atoms with E-state index in [0.717, 1.165) is 11.3 Å². The molecule has 24 heavy (non-hydrogen) atoms. The minimum absolute atomic E-state index is 0.364. The van der Waals surface area contributed by atoms with Crippen LogP contribution >= 0.6 is 0 Å². The zero-order chi connectivity index (χ0) is 16.9. The smallest absolute Gasteiger partial charge is 0.205 e. The Morgan fingerprint density at radius 2 is 2.00 bits per heavy atom. The van der Waals surface area contributed by atoms with E-state index in [4.69, 9.17) is 4.74 Å². The van der Waals surface area contributed by atoms with Gasteiger partial charge in [0, 0.05) is 31.3 Å². The Bertz CT molecular complexity index is 863. The normalized spacial score (nSPS) is 11.9. The Hall–Kier alpha value is -2.67. The molecule has 124 valence electrons. The van der Waals surface area contributed by atoms with Crippen molar-refractivity contribution in [3.63, 3.8) is 0 Å². The molecule has 2 heterocycles. The van der Waals surface area contributed by atoms with Gasteiger partial charge in [-0.25, -0.2) is 9.97 Å². The lowest BCUT2D eigenvalue weighted by molar-refractivity contribution is 0.409. The highest BCUT2D eigenvalue weighted by molar-refractivity contribution is 7.84. The molecule has 6 nitrogen and oxygen atoms in total. The van der Waals surface area contributed by atoms with Crippen LogP contribution in [-0.2, 0) is 16.6 Å². The number of nitrogens with one attached hydrogen (secondary N) is 1. The van der Waals surface area contributed by atoms with E-state index in [0.29, 0.717) is 22.5 Å². The number of benzene rings is 1. The van der Waals surface area contributed by atoms with Gasteiger partial charge >= 0.3 is 0 Å².